The lowest BCUT2D eigenvalue weighted by atomic mass is 10.0. The molecule has 0 saturated heterocycles. The van der Waals surface area contributed by atoms with Gasteiger partial charge in [-0.05, 0) is 39.7 Å². The zero-order valence-electron chi connectivity index (χ0n) is 9.19. The highest BCUT2D eigenvalue weighted by Gasteiger charge is 2.16. The number of hydrogen-bond donors (Lipinski definition) is 2. The Balaban J connectivity index is 2.38. The van der Waals surface area contributed by atoms with Crippen LogP contribution in [0.3, 0.4) is 0 Å². The quantitative estimate of drug-likeness (QED) is 0.672. The van der Waals surface area contributed by atoms with E-state index in [0.717, 1.165) is 11.3 Å². The number of nitrogens with one attached hydrogen (secondary N) is 1. The van der Waals surface area contributed by atoms with Gasteiger partial charge in [-0.25, -0.2) is 9.82 Å². The van der Waals surface area contributed by atoms with Crippen LogP contribution < -0.4 is 11.3 Å². The van der Waals surface area contributed by atoms with Crippen molar-refractivity contribution in [1.29, 1.82) is 0 Å². The Bertz CT molecular complexity index is 526. The molecule has 1 aromatic heterocycles. The maximum Gasteiger partial charge on any atom is 0.137 e. The number of halogens is 2. The van der Waals surface area contributed by atoms with Crippen molar-refractivity contribution in [2.45, 2.75) is 6.04 Å². The van der Waals surface area contributed by atoms with E-state index in [1.54, 1.807) is 16.8 Å². The molecule has 0 aliphatic heterocycles. The molecule has 4 nitrogen and oxygen atoms in total. The molecule has 3 N–H and O–H groups in total. The van der Waals surface area contributed by atoms with Crippen molar-refractivity contribution < 1.29 is 4.39 Å². The first-order chi connectivity index (χ1) is 8.11. The highest BCUT2D eigenvalue weighted by molar-refractivity contribution is 9.10. The van der Waals surface area contributed by atoms with Crippen LogP contribution >= 0.6 is 15.9 Å². The number of aromatic nitrogens is 2. The number of hydrogen-bond acceptors (Lipinski definition) is 3. The van der Waals surface area contributed by atoms with Gasteiger partial charge in [0.25, 0.3) is 0 Å². The van der Waals surface area contributed by atoms with Gasteiger partial charge in [0.15, 0.2) is 0 Å². The van der Waals surface area contributed by atoms with Gasteiger partial charge < -0.3 is 0 Å². The summed E-state index contributed by atoms with van der Waals surface area (Å²) in [7, 11) is 1.83. The number of hydrazine groups is 1. The van der Waals surface area contributed by atoms with Crippen LogP contribution in [0.2, 0.25) is 0 Å². The van der Waals surface area contributed by atoms with E-state index in [0.29, 0.717) is 4.47 Å². The predicted molar refractivity (Wildman–Crippen MR) is 66.5 cm³/mol. The van der Waals surface area contributed by atoms with E-state index < -0.39 is 0 Å². The Morgan fingerprint density at radius 3 is 2.76 bits per heavy atom. The topological polar surface area (TPSA) is 55.9 Å². The molecular weight excluding hydrogens is 287 g/mol. The molecule has 1 atom stereocenters. The number of nitrogens with zero attached hydrogens (tertiary/aromatic N) is 2. The highest BCUT2D eigenvalue weighted by Crippen LogP contribution is 2.24. The second-order valence-corrected chi connectivity index (χ2v) is 4.54. The molecule has 1 aromatic carbocycles. The van der Waals surface area contributed by atoms with Crippen LogP contribution in [-0.2, 0) is 7.05 Å². The molecule has 0 spiro atoms. The van der Waals surface area contributed by atoms with Crippen LogP contribution in [0, 0.1) is 5.82 Å². The summed E-state index contributed by atoms with van der Waals surface area (Å²) in [5.74, 6) is 5.23. The normalized spacial score (nSPS) is 12.7. The van der Waals surface area contributed by atoms with Gasteiger partial charge >= 0.3 is 0 Å². The van der Waals surface area contributed by atoms with Crippen LogP contribution in [0.5, 0.6) is 0 Å². The summed E-state index contributed by atoms with van der Waals surface area (Å²) in [5.41, 5.74) is 4.31. The second kappa shape index (κ2) is 4.95. The Labute approximate surface area is 107 Å². The van der Waals surface area contributed by atoms with Crippen molar-refractivity contribution in [1.82, 2.24) is 15.2 Å². The molecule has 0 saturated carbocycles. The zero-order valence-corrected chi connectivity index (χ0v) is 10.8. The summed E-state index contributed by atoms with van der Waals surface area (Å²) in [5, 5.41) is 4.28. The van der Waals surface area contributed by atoms with Gasteiger partial charge in [-0.15, -0.1) is 0 Å². The first-order valence-electron chi connectivity index (χ1n) is 5.02. The Kier molecular flexibility index (Phi) is 3.56. The van der Waals surface area contributed by atoms with Crippen molar-refractivity contribution in [2.75, 3.05) is 0 Å². The molecule has 90 valence electrons. The minimum absolute atomic E-state index is 0.256. The first-order valence-corrected chi connectivity index (χ1v) is 5.81. The van der Waals surface area contributed by atoms with Gasteiger partial charge in [0, 0.05) is 13.2 Å². The molecule has 0 bridgehead atoms. The van der Waals surface area contributed by atoms with E-state index in [9.17, 15) is 4.39 Å². The van der Waals surface area contributed by atoms with E-state index in [4.69, 9.17) is 5.84 Å². The highest BCUT2D eigenvalue weighted by atomic mass is 79.9. The first kappa shape index (κ1) is 12.2. The summed E-state index contributed by atoms with van der Waals surface area (Å²) in [6.45, 7) is 0. The Morgan fingerprint density at radius 2 is 2.24 bits per heavy atom. The van der Waals surface area contributed by atoms with Crippen LogP contribution in [-0.4, -0.2) is 9.78 Å². The lowest BCUT2D eigenvalue weighted by Gasteiger charge is -2.14. The minimum atomic E-state index is -0.300. The summed E-state index contributed by atoms with van der Waals surface area (Å²) < 4.78 is 15.3. The average molecular weight is 299 g/mol. The minimum Gasteiger partial charge on any atom is -0.275 e. The lowest BCUT2D eigenvalue weighted by Crippen LogP contribution is -2.29. The predicted octanol–water partition coefficient (Wildman–Crippen LogP) is 1.87. The van der Waals surface area contributed by atoms with Crippen molar-refractivity contribution in [3.63, 3.8) is 0 Å². The largest absolute Gasteiger partial charge is 0.275 e. The van der Waals surface area contributed by atoms with Gasteiger partial charge in [-0.2, -0.15) is 5.10 Å². The van der Waals surface area contributed by atoms with Gasteiger partial charge in [0.05, 0.1) is 16.2 Å². The van der Waals surface area contributed by atoms with Gasteiger partial charge in [0.2, 0.25) is 0 Å². The second-order valence-electron chi connectivity index (χ2n) is 3.69. The van der Waals surface area contributed by atoms with Crippen LogP contribution in [0.15, 0.2) is 34.9 Å². The van der Waals surface area contributed by atoms with Crippen molar-refractivity contribution in [3.05, 3.63) is 52.0 Å². The number of benzene rings is 1. The van der Waals surface area contributed by atoms with Gasteiger partial charge in [-0.1, -0.05) is 6.07 Å². The molecule has 1 heterocycles. The van der Waals surface area contributed by atoms with Crippen LogP contribution in [0.4, 0.5) is 4.39 Å². The molecule has 2 aromatic rings. The molecule has 0 fully saturated rings. The van der Waals surface area contributed by atoms with Crippen LogP contribution in [0.25, 0.3) is 0 Å². The summed E-state index contributed by atoms with van der Waals surface area (Å²) in [6, 6.07) is 6.37. The standard InChI is InChI=1S/C11H12BrFN4/c1-17-5-4-10(16-17)11(15-14)7-2-3-9(13)8(12)6-7/h2-6,11,15H,14H2,1H3. The summed E-state index contributed by atoms with van der Waals surface area (Å²) in [4.78, 5) is 0. The third-order valence-corrected chi connectivity index (χ3v) is 3.08. The summed E-state index contributed by atoms with van der Waals surface area (Å²) in [6.07, 6.45) is 1.83. The summed E-state index contributed by atoms with van der Waals surface area (Å²) >= 11 is 3.15. The lowest BCUT2D eigenvalue weighted by molar-refractivity contribution is 0.594. The van der Waals surface area contributed by atoms with Gasteiger partial charge in [0.1, 0.15) is 5.82 Å². The third-order valence-electron chi connectivity index (χ3n) is 2.47. The monoisotopic (exact) mass is 298 g/mol. The molecule has 17 heavy (non-hydrogen) atoms. The smallest absolute Gasteiger partial charge is 0.137 e. The molecule has 0 amide bonds. The molecule has 1 unspecified atom stereocenters. The maximum absolute atomic E-state index is 13.2. The molecule has 0 aliphatic rings. The fourth-order valence-corrected chi connectivity index (χ4v) is 2.03. The van der Waals surface area contributed by atoms with E-state index >= 15 is 0 Å². The van der Waals surface area contributed by atoms with E-state index in [-0.39, 0.29) is 11.9 Å². The number of rotatable bonds is 3. The van der Waals surface area contributed by atoms with E-state index in [2.05, 4.69) is 26.5 Å². The van der Waals surface area contributed by atoms with Crippen molar-refractivity contribution in [2.24, 2.45) is 12.9 Å². The van der Waals surface area contributed by atoms with Gasteiger partial charge in [-0.3, -0.25) is 10.5 Å². The van der Waals surface area contributed by atoms with E-state index in [1.165, 1.54) is 6.07 Å². The molecular formula is C11H12BrFN4. The van der Waals surface area contributed by atoms with Crippen molar-refractivity contribution in [3.8, 4) is 0 Å². The Morgan fingerprint density at radius 1 is 1.47 bits per heavy atom. The molecule has 6 heteroatoms. The number of nitrogens with two attached hydrogens (primary N) is 1. The fraction of sp³-hybridized carbons (Fsp3) is 0.182. The van der Waals surface area contributed by atoms with Crippen molar-refractivity contribution >= 4 is 15.9 Å². The van der Waals surface area contributed by atoms with E-state index in [1.807, 2.05) is 19.3 Å². The molecule has 0 radical (unpaired) electrons. The maximum atomic E-state index is 13.2. The fourth-order valence-electron chi connectivity index (χ4n) is 1.63. The number of aryl methyl sites for hydroxylation is 1. The average Bonchev–Trinajstić information content (AvgIpc) is 2.71. The third kappa shape index (κ3) is 2.54. The Hall–Kier alpha value is -1.24. The van der Waals surface area contributed by atoms with Crippen LogP contribution in [0.1, 0.15) is 17.3 Å². The molecule has 0 aliphatic carbocycles. The zero-order chi connectivity index (χ0) is 12.4. The molecule has 2 rings (SSSR count). The SMILES string of the molecule is Cn1ccc(C(NN)c2ccc(F)c(Br)c2)n1.